The van der Waals surface area contributed by atoms with Crippen LogP contribution < -0.4 is 5.32 Å². The predicted octanol–water partition coefficient (Wildman–Crippen LogP) is 1.96. The number of carbonyl (C=O) groups is 2. The molecule has 0 spiro atoms. The summed E-state index contributed by atoms with van der Waals surface area (Å²) in [4.78, 5) is 21.8. The molecule has 0 unspecified atom stereocenters. The first kappa shape index (κ1) is 13.7. The highest BCUT2D eigenvalue weighted by molar-refractivity contribution is 5.93. The number of carboxylic acid groups (broad SMARTS) is 1. The van der Waals surface area contributed by atoms with Gasteiger partial charge in [0.2, 0.25) is 5.91 Å². The van der Waals surface area contributed by atoms with Gasteiger partial charge < -0.3 is 10.4 Å². The smallest absolute Gasteiger partial charge is 0.328 e. The van der Waals surface area contributed by atoms with Gasteiger partial charge in [-0.3, -0.25) is 4.79 Å². The van der Waals surface area contributed by atoms with Crippen molar-refractivity contribution >= 4 is 11.9 Å². The van der Waals surface area contributed by atoms with E-state index in [1.54, 1.807) is 0 Å². The minimum absolute atomic E-state index is 0.152. The molecule has 0 bridgehead atoms. The molecule has 17 heavy (non-hydrogen) atoms. The molecule has 0 aromatic carbocycles. The molecule has 96 valence electrons. The standard InChI is InChI=1S/C13H21NO3/c1-9-6-10(8-13(2,3)7-9)14-11(15)4-5-12(16)17/h4-5,9-10H,6-8H2,1-3H3,(H,14,15)(H,16,17)/b5-4+/t9-,10+/m1/s1. The maximum Gasteiger partial charge on any atom is 0.328 e. The largest absolute Gasteiger partial charge is 0.478 e. The lowest BCUT2D eigenvalue weighted by Gasteiger charge is -2.39. The third-order valence-electron chi connectivity index (χ3n) is 3.11. The number of aliphatic carboxylic acids is 1. The lowest BCUT2D eigenvalue weighted by atomic mass is 9.70. The van der Waals surface area contributed by atoms with Crippen LogP contribution in [-0.2, 0) is 9.59 Å². The van der Waals surface area contributed by atoms with E-state index in [4.69, 9.17) is 5.11 Å². The van der Waals surface area contributed by atoms with Gasteiger partial charge in [0.1, 0.15) is 0 Å². The van der Waals surface area contributed by atoms with Crippen molar-refractivity contribution in [3.05, 3.63) is 12.2 Å². The molecule has 0 aromatic heterocycles. The van der Waals surface area contributed by atoms with Crippen molar-refractivity contribution in [3.63, 3.8) is 0 Å². The van der Waals surface area contributed by atoms with Gasteiger partial charge >= 0.3 is 5.97 Å². The van der Waals surface area contributed by atoms with Crippen LogP contribution >= 0.6 is 0 Å². The number of hydrogen-bond donors (Lipinski definition) is 2. The van der Waals surface area contributed by atoms with Crippen molar-refractivity contribution in [1.82, 2.24) is 5.32 Å². The summed E-state index contributed by atoms with van der Waals surface area (Å²) in [6, 6.07) is 0.152. The fourth-order valence-corrected chi connectivity index (χ4v) is 2.85. The number of rotatable bonds is 3. The van der Waals surface area contributed by atoms with Crippen LogP contribution in [0.4, 0.5) is 0 Å². The Morgan fingerprint density at radius 1 is 1.29 bits per heavy atom. The second-order valence-corrected chi connectivity index (χ2v) is 5.79. The predicted molar refractivity (Wildman–Crippen MR) is 65.5 cm³/mol. The summed E-state index contributed by atoms with van der Waals surface area (Å²) in [5.74, 6) is -0.827. The normalized spacial score (nSPS) is 27.9. The molecular weight excluding hydrogens is 218 g/mol. The van der Waals surface area contributed by atoms with Crippen LogP contribution in [0.25, 0.3) is 0 Å². The highest BCUT2D eigenvalue weighted by atomic mass is 16.4. The molecule has 4 heteroatoms. The summed E-state index contributed by atoms with van der Waals surface area (Å²) in [5, 5.41) is 11.3. The fraction of sp³-hybridized carbons (Fsp3) is 0.692. The van der Waals surface area contributed by atoms with Gasteiger partial charge in [0.05, 0.1) is 0 Å². The highest BCUT2D eigenvalue weighted by Crippen LogP contribution is 2.38. The summed E-state index contributed by atoms with van der Waals surface area (Å²) in [6.45, 7) is 6.59. The van der Waals surface area contributed by atoms with Gasteiger partial charge in [0.15, 0.2) is 0 Å². The molecule has 1 saturated carbocycles. The SMILES string of the molecule is C[C@@H]1C[C@H](NC(=O)/C=C/C(=O)O)CC(C)(C)C1. The van der Waals surface area contributed by atoms with Crippen LogP contribution in [0.1, 0.15) is 40.0 Å². The second kappa shape index (κ2) is 5.34. The van der Waals surface area contributed by atoms with Gasteiger partial charge in [-0.15, -0.1) is 0 Å². The first-order valence-corrected chi connectivity index (χ1v) is 6.00. The van der Waals surface area contributed by atoms with E-state index in [1.807, 2.05) is 0 Å². The Bertz CT molecular complexity index is 334. The Balaban J connectivity index is 2.51. The number of carboxylic acids is 1. The lowest BCUT2D eigenvalue weighted by Crippen LogP contribution is -2.42. The van der Waals surface area contributed by atoms with E-state index in [-0.39, 0.29) is 17.4 Å². The summed E-state index contributed by atoms with van der Waals surface area (Å²) in [5.41, 5.74) is 0.242. The molecular formula is C13H21NO3. The summed E-state index contributed by atoms with van der Waals surface area (Å²) in [6.07, 6.45) is 5.03. The van der Waals surface area contributed by atoms with Gasteiger partial charge in [0, 0.05) is 18.2 Å². The molecule has 2 atom stereocenters. The molecule has 0 aliphatic heterocycles. The van der Waals surface area contributed by atoms with Crippen LogP contribution in [0.3, 0.4) is 0 Å². The number of hydrogen-bond acceptors (Lipinski definition) is 2. The van der Waals surface area contributed by atoms with Gasteiger partial charge in [-0.25, -0.2) is 4.79 Å². The average Bonchev–Trinajstić information content (AvgIpc) is 2.11. The third-order valence-corrected chi connectivity index (χ3v) is 3.11. The molecule has 0 heterocycles. The minimum atomic E-state index is -1.10. The molecule has 2 N–H and O–H groups in total. The van der Waals surface area contributed by atoms with Crippen molar-refractivity contribution in [1.29, 1.82) is 0 Å². The molecule has 0 saturated heterocycles. The third kappa shape index (κ3) is 5.02. The zero-order valence-corrected chi connectivity index (χ0v) is 10.7. The van der Waals surface area contributed by atoms with Gasteiger partial charge in [0.25, 0.3) is 0 Å². The molecule has 1 rings (SSSR count). The molecule has 0 aromatic rings. The maximum atomic E-state index is 11.5. The van der Waals surface area contributed by atoms with E-state index in [9.17, 15) is 9.59 Å². The van der Waals surface area contributed by atoms with Crippen LogP contribution in [-0.4, -0.2) is 23.0 Å². The van der Waals surface area contributed by atoms with Crippen molar-refractivity contribution < 1.29 is 14.7 Å². The Morgan fingerprint density at radius 3 is 2.47 bits per heavy atom. The van der Waals surface area contributed by atoms with Gasteiger partial charge in [-0.2, -0.15) is 0 Å². The monoisotopic (exact) mass is 239 g/mol. The van der Waals surface area contributed by atoms with E-state index in [2.05, 4.69) is 26.1 Å². The Hall–Kier alpha value is -1.32. The van der Waals surface area contributed by atoms with Crippen molar-refractivity contribution in [2.75, 3.05) is 0 Å². The van der Waals surface area contributed by atoms with E-state index >= 15 is 0 Å². The van der Waals surface area contributed by atoms with E-state index < -0.39 is 5.97 Å². The van der Waals surface area contributed by atoms with Crippen molar-refractivity contribution in [3.8, 4) is 0 Å². The summed E-state index contributed by atoms with van der Waals surface area (Å²) >= 11 is 0. The Morgan fingerprint density at radius 2 is 1.94 bits per heavy atom. The first-order chi connectivity index (χ1) is 7.78. The Kier molecular flexibility index (Phi) is 4.32. The quantitative estimate of drug-likeness (QED) is 0.740. The second-order valence-electron chi connectivity index (χ2n) is 5.79. The highest BCUT2D eigenvalue weighted by Gasteiger charge is 2.32. The lowest BCUT2D eigenvalue weighted by molar-refractivity contribution is -0.131. The molecule has 0 radical (unpaired) electrons. The van der Waals surface area contributed by atoms with Gasteiger partial charge in [-0.1, -0.05) is 20.8 Å². The molecule has 1 amide bonds. The Labute approximate surface area is 102 Å². The number of amides is 1. The van der Waals surface area contributed by atoms with Crippen LogP contribution in [0, 0.1) is 11.3 Å². The van der Waals surface area contributed by atoms with E-state index in [0.29, 0.717) is 5.92 Å². The molecule has 1 fully saturated rings. The average molecular weight is 239 g/mol. The van der Waals surface area contributed by atoms with E-state index in [1.165, 1.54) is 6.42 Å². The zero-order valence-electron chi connectivity index (χ0n) is 10.7. The summed E-state index contributed by atoms with van der Waals surface area (Å²) in [7, 11) is 0. The van der Waals surface area contributed by atoms with Crippen LogP contribution in [0.2, 0.25) is 0 Å². The van der Waals surface area contributed by atoms with Crippen LogP contribution in [0.5, 0.6) is 0 Å². The topological polar surface area (TPSA) is 66.4 Å². The molecule has 4 nitrogen and oxygen atoms in total. The molecule has 1 aliphatic carbocycles. The van der Waals surface area contributed by atoms with Crippen LogP contribution in [0.15, 0.2) is 12.2 Å². The number of nitrogens with one attached hydrogen (secondary N) is 1. The van der Waals surface area contributed by atoms with Crippen molar-refractivity contribution in [2.45, 2.75) is 46.1 Å². The molecule has 1 aliphatic rings. The van der Waals surface area contributed by atoms with Gasteiger partial charge in [-0.05, 0) is 30.6 Å². The zero-order chi connectivity index (χ0) is 13.1. The minimum Gasteiger partial charge on any atom is -0.478 e. The fourth-order valence-electron chi connectivity index (χ4n) is 2.85. The summed E-state index contributed by atoms with van der Waals surface area (Å²) < 4.78 is 0. The maximum absolute atomic E-state index is 11.5. The van der Waals surface area contributed by atoms with E-state index in [0.717, 1.165) is 25.0 Å². The number of carbonyl (C=O) groups excluding carboxylic acids is 1. The first-order valence-electron chi connectivity index (χ1n) is 6.00. The van der Waals surface area contributed by atoms with Crippen molar-refractivity contribution in [2.24, 2.45) is 11.3 Å².